The Morgan fingerprint density at radius 3 is 2.60 bits per heavy atom. The zero-order valence-corrected chi connectivity index (χ0v) is 13.2. The molecule has 0 aliphatic rings. The van der Waals surface area contributed by atoms with Crippen molar-refractivity contribution in [2.75, 3.05) is 0 Å². The highest BCUT2D eigenvalue weighted by Gasteiger charge is 2.19. The van der Waals surface area contributed by atoms with Crippen molar-refractivity contribution < 1.29 is 4.79 Å². The fraction of sp³-hybridized carbons (Fsp3) is 0. The summed E-state index contributed by atoms with van der Waals surface area (Å²) in [6, 6.07) is 10.8. The van der Waals surface area contributed by atoms with Crippen molar-refractivity contribution in [1.82, 2.24) is 4.98 Å². The fourth-order valence-electron chi connectivity index (χ4n) is 2.14. The maximum atomic E-state index is 12.7. The highest BCUT2D eigenvalue weighted by Crippen LogP contribution is 2.32. The molecule has 1 aromatic heterocycles. The van der Waals surface area contributed by atoms with Gasteiger partial charge >= 0.3 is 0 Å². The third-order valence-electron chi connectivity index (χ3n) is 3.10. The van der Waals surface area contributed by atoms with E-state index < -0.39 is 0 Å². The summed E-state index contributed by atoms with van der Waals surface area (Å²) in [7, 11) is 0. The molecule has 1 heterocycles. The van der Waals surface area contributed by atoms with Crippen LogP contribution >= 0.6 is 39.1 Å². The van der Waals surface area contributed by atoms with Gasteiger partial charge in [0.2, 0.25) is 0 Å². The van der Waals surface area contributed by atoms with Gasteiger partial charge in [0, 0.05) is 32.7 Å². The number of halogens is 3. The topological polar surface area (TPSA) is 32.9 Å². The van der Waals surface area contributed by atoms with Crippen LogP contribution in [0.5, 0.6) is 0 Å². The van der Waals surface area contributed by atoms with Gasteiger partial charge in [-0.25, -0.2) is 0 Å². The van der Waals surface area contributed by atoms with Gasteiger partial charge in [-0.2, -0.15) is 0 Å². The largest absolute Gasteiger partial charge is 0.360 e. The van der Waals surface area contributed by atoms with Crippen LogP contribution in [-0.2, 0) is 0 Å². The molecule has 20 heavy (non-hydrogen) atoms. The van der Waals surface area contributed by atoms with E-state index in [-0.39, 0.29) is 10.8 Å². The van der Waals surface area contributed by atoms with Crippen molar-refractivity contribution in [3.8, 4) is 0 Å². The van der Waals surface area contributed by atoms with Crippen LogP contribution in [0.1, 0.15) is 15.9 Å². The smallest absolute Gasteiger partial charge is 0.196 e. The quantitative estimate of drug-likeness (QED) is 0.598. The van der Waals surface area contributed by atoms with Crippen LogP contribution in [0.15, 0.2) is 47.1 Å². The van der Waals surface area contributed by atoms with Crippen molar-refractivity contribution in [3.05, 3.63) is 68.2 Å². The molecule has 0 fully saturated rings. The summed E-state index contributed by atoms with van der Waals surface area (Å²) in [6.45, 7) is 0. The predicted molar refractivity (Wildman–Crippen MR) is 85.9 cm³/mol. The van der Waals surface area contributed by atoms with Gasteiger partial charge in [0.25, 0.3) is 0 Å². The molecule has 2 aromatic carbocycles. The van der Waals surface area contributed by atoms with E-state index >= 15 is 0 Å². The van der Waals surface area contributed by atoms with E-state index in [1.165, 1.54) is 0 Å². The van der Waals surface area contributed by atoms with Crippen molar-refractivity contribution in [1.29, 1.82) is 0 Å². The number of aromatic nitrogens is 1. The number of H-pyrrole nitrogens is 1. The molecular weight excluding hydrogens is 361 g/mol. The molecule has 3 aromatic rings. The lowest BCUT2D eigenvalue weighted by Crippen LogP contribution is -2.01. The maximum absolute atomic E-state index is 12.7. The molecule has 0 aliphatic heterocycles. The first-order chi connectivity index (χ1) is 9.59. The summed E-state index contributed by atoms with van der Waals surface area (Å²) in [6.07, 6.45) is 1.69. The zero-order valence-electron chi connectivity index (χ0n) is 10.1. The average molecular weight is 369 g/mol. The van der Waals surface area contributed by atoms with Crippen molar-refractivity contribution >= 4 is 55.8 Å². The summed E-state index contributed by atoms with van der Waals surface area (Å²) >= 11 is 15.6. The van der Waals surface area contributed by atoms with E-state index in [4.69, 9.17) is 23.2 Å². The number of hydrogen-bond acceptors (Lipinski definition) is 1. The lowest BCUT2D eigenvalue weighted by molar-refractivity contribution is 0.104. The van der Waals surface area contributed by atoms with Crippen LogP contribution in [0.4, 0.5) is 0 Å². The fourth-order valence-corrected chi connectivity index (χ4v) is 3.11. The second-order valence-corrected chi connectivity index (χ2v) is 5.93. The molecular formula is C15H8BrCl2NO. The van der Waals surface area contributed by atoms with Crippen LogP contribution < -0.4 is 0 Å². The molecule has 0 saturated heterocycles. The first-order valence-corrected chi connectivity index (χ1v) is 7.39. The molecule has 2 nitrogen and oxygen atoms in total. The van der Waals surface area contributed by atoms with Crippen molar-refractivity contribution in [3.63, 3.8) is 0 Å². The minimum Gasteiger partial charge on any atom is -0.360 e. The summed E-state index contributed by atoms with van der Waals surface area (Å²) in [5, 5.41) is 1.49. The number of nitrogens with one attached hydrogen (secondary N) is 1. The average Bonchev–Trinajstić information content (AvgIpc) is 2.86. The Morgan fingerprint density at radius 2 is 1.80 bits per heavy atom. The Hall–Kier alpha value is -1.29. The number of carbonyl (C=O) groups excluding carboxylic acids is 1. The van der Waals surface area contributed by atoms with Crippen LogP contribution in [0.3, 0.4) is 0 Å². The number of benzene rings is 2. The normalized spacial score (nSPS) is 10.9. The van der Waals surface area contributed by atoms with E-state index in [1.54, 1.807) is 24.4 Å². The monoisotopic (exact) mass is 367 g/mol. The first-order valence-electron chi connectivity index (χ1n) is 5.84. The molecule has 0 radical (unpaired) electrons. The minimum absolute atomic E-state index is 0.157. The van der Waals surface area contributed by atoms with Crippen molar-refractivity contribution in [2.24, 2.45) is 0 Å². The summed E-state index contributed by atoms with van der Waals surface area (Å²) in [5.74, 6) is -0.157. The van der Waals surface area contributed by atoms with Gasteiger partial charge in [-0.05, 0) is 24.3 Å². The molecule has 5 heteroatoms. The Morgan fingerprint density at radius 1 is 1.05 bits per heavy atom. The molecule has 0 amide bonds. The molecule has 0 atom stereocenters. The Labute approximate surface area is 133 Å². The zero-order chi connectivity index (χ0) is 14.3. The van der Waals surface area contributed by atoms with E-state index in [2.05, 4.69) is 20.9 Å². The summed E-state index contributed by atoms with van der Waals surface area (Å²) in [5.41, 5.74) is 1.85. The molecule has 0 saturated carbocycles. The number of hydrogen-bond donors (Lipinski definition) is 1. The SMILES string of the molecule is O=C(c1cccc(Cl)c1Cl)c1c[nH]c2cccc(Br)c12. The molecule has 0 spiro atoms. The van der Waals surface area contributed by atoms with Crippen LogP contribution in [0.2, 0.25) is 10.0 Å². The first kappa shape index (κ1) is 13.7. The van der Waals surface area contributed by atoms with Crippen LogP contribution in [-0.4, -0.2) is 10.8 Å². The van der Waals surface area contributed by atoms with Gasteiger partial charge in [0.1, 0.15) is 0 Å². The lowest BCUT2D eigenvalue weighted by Gasteiger charge is -2.05. The Bertz CT molecular complexity index is 826. The van der Waals surface area contributed by atoms with Crippen LogP contribution in [0.25, 0.3) is 10.9 Å². The van der Waals surface area contributed by atoms with E-state index in [9.17, 15) is 4.79 Å². The molecule has 0 aliphatic carbocycles. The van der Waals surface area contributed by atoms with Gasteiger partial charge in [0.05, 0.1) is 10.0 Å². The Kier molecular flexibility index (Phi) is 3.59. The third kappa shape index (κ3) is 2.16. The number of carbonyl (C=O) groups is 1. The lowest BCUT2D eigenvalue weighted by atomic mass is 10.0. The maximum Gasteiger partial charge on any atom is 0.196 e. The van der Waals surface area contributed by atoms with Crippen molar-refractivity contribution in [2.45, 2.75) is 0 Å². The molecule has 100 valence electrons. The van der Waals surface area contributed by atoms with Gasteiger partial charge in [0.15, 0.2) is 5.78 Å². The number of rotatable bonds is 2. The predicted octanol–water partition coefficient (Wildman–Crippen LogP) is 5.47. The minimum atomic E-state index is -0.157. The highest BCUT2D eigenvalue weighted by molar-refractivity contribution is 9.10. The van der Waals surface area contributed by atoms with Gasteiger partial charge < -0.3 is 4.98 Å². The number of ketones is 1. The van der Waals surface area contributed by atoms with E-state index in [0.717, 1.165) is 15.4 Å². The number of aromatic amines is 1. The molecule has 0 unspecified atom stereocenters. The number of fused-ring (bicyclic) bond motifs is 1. The van der Waals surface area contributed by atoms with E-state index in [1.807, 2.05) is 18.2 Å². The standard InChI is InChI=1S/C15H8BrCl2NO/c16-10-4-2-6-12-13(10)9(7-19-12)15(20)8-3-1-5-11(17)14(8)18/h1-7,19H. The molecule has 1 N–H and O–H groups in total. The van der Waals surface area contributed by atoms with Gasteiger partial charge in [-0.3, -0.25) is 4.79 Å². The summed E-state index contributed by atoms with van der Waals surface area (Å²) in [4.78, 5) is 15.7. The van der Waals surface area contributed by atoms with Gasteiger partial charge in [-0.15, -0.1) is 0 Å². The van der Waals surface area contributed by atoms with Crippen LogP contribution in [0, 0.1) is 0 Å². The molecule has 0 bridgehead atoms. The summed E-state index contributed by atoms with van der Waals surface area (Å²) < 4.78 is 0.859. The second-order valence-electron chi connectivity index (χ2n) is 4.30. The third-order valence-corrected chi connectivity index (χ3v) is 4.58. The second kappa shape index (κ2) is 5.24. The van der Waals surface area contributed by atoms with Gasteiger partial charge in [-0.1, -0.05) is 51.3 Å². The Balaban J connectivity index is 2.21. The van der Waals surface area contributed by atoms with E-state index in [0.29, 0.717) is 16.1 Å². The highest BCUT2D eigenvalue weighted by atomic mass is 79.9. The molecule has 3 rings (SSSR count).